The van der Waals surface area contributed by atoms with E-state index in [0.717, 1.165) is 42.6 Å². The van der Waals surface area contributed by atoms with Gasteiger partial charge in [-0.15, -0.1) is 0 Å². The van der Waals surface area contributed by atoms with Crippen LogP contribution in [-0.2, 0) is 13.1 Å². The molecule has 1 N–H and O–H groups in total. The molecule has 6 heteroatoms. The summed E-state index contributed by atoms with van der Waals surface area (Å²) in [5, 5.41) is 8.31. The van der Waals surface area contributed by atoms with E-state index < -0.39 is 0 Å². The van der Waals surface area contributed by atoms with Gasteiger partial charge in [-0.1, -0.05) is 23.7 Å². The van der Waals surface area contributed by atoms with Crippen LogP contribution in [0.4, 0.5) is 0 Å². The normalized spacial score (nSPS) is 11.5. The second-order valence-electron chi connectivity index (χ2n) is 5.08. The predicted octanol–water partition coefficient (Wildman–Crippen LogP) is 2.63. The minimum absolute atomic E-state index is 0.757. The Morgan fingerprint density at radius 1 is 1.41 bits per heavy atom. The van der Waals surface area contributed by atoms with Gasteiger partial charge >= 0.3 is 0 Å². The van der Waals surface area contributed by atoms with Crippen molar-refractivity contribution in [1.82, 2.24) is 20.0 Å². The molecule has 0 saturated carbocycles. The maximum absolute atomic E-state index is 6.02. The number of hydrogen-bond donors (Lipinski definition) is 1. The summed E-state index contributed by atoms with van der Waals surface area (Å²) >= 11 is 6.02. The highest BCUT2D eigenvalue weighted by molar-refractivity contribution is 6.30. The molecule has 2 aromatic rings. The van der Waals surface area contributed by atoms with Crippen LogP contribution >= 0.6 is 11.6 Å². The summed E-state index contributed by atoms with van der Waals surface area (Å²) in [7, 11) is 3.81. The molecule has 2 rings (SSSR count). The molecule has 0 aliphatic heterocycles. The molecule has 1 aromatic carbocycles. The first-order chi connectivity index (χ1) is 10.7. The number of nitrogens with zero attached hydrogens (tertiary/aromatic N) is 4. The van der Waals surface area contributed by atoms with Crippen molar-refractivity contribution in [1.29, 1.82) is 0 Å². The van der Waals surface area contributed by atoms with Crippen molar-refractivity contribution in [2.24, 2.45) is 4.99 Å². The largest absolute Gasteiger partial charge is 0.356 e. The van der Waals surface area contributed by atoms with Crippen molar-refractivity contribution in [3.8, 4) is 0 Å². The molecule has 0 radical (unpaired) electrons. The third-order valence-electron chi connectivity index (χ3n) is 3.29. The van der Waals surface area contributed by atoms with Crippen LogP contribution in [0.15, 0.2) is 47.7 Å². The van der Waals surface area contributed by atoms with Crippen LogP contribution in [0, 0.1) is 0 Å². The lowest BCUT2D eigenvalue weighted by atomic mass is 10.2. The van der Waals surface area contributed by atoms with E-state index in [1.165, 1.54) is 0 Å². The van der Waals surface area contributed by atoms with Gasteiger partial charge in [-0.3, -0.25) is 9.67 Å². The van der Waals surface area contributed by atoms with E-state index in [4.69, 9.17) is 11.6 Å². The van der Waals surface area contributed by atoms with E-state index in [9.17, 15) is 0 Å². The zero-order valence-corrected chi connectivity index (χ0v) is 13.8. The number of halogens is 1. The van der Waals surface area contributed by atoms with Gasteiger partial charge in [-0.25, -0.2) is 0 Å². The van der Waals surface area contributed by atoms with Gasteiger partial charge in [-0.05, 0) is 30.2 Å². The highest BCUT2D eigenvalue weighted by Gasteiger charge is 2.06. The van der Waals surface area contributed by atoms with Gasteiger partial charge in [-0.2, -0.15) is 5.10 Å². The number of nitrogens with one attached hydrogen (secondary N) is 1. The molecule has 0 aliphatic rings. The SMILES string of the molecule is CN=C(NCCCn1cccn1)N(C)Cc1cccc(Cl)c1. The Hall–Kier alpha value is -2.01. The van der Waals surface area contributed by atoms with Crippen LogP contribution in [0.5, 0.6) is 0 Å². The summed E-state index contributed by atoms with van der Waals surface area (Å²) in [6, 6.07) is 9.82. The molecule has 0 unspecified atom stereocenters. The third kappa shape index (κ3) is 5.07. The highest BCUT2D eigenvalue weighted by Crippen LogP contribution is 2.12. The minimum atomic E-state index is 0.757. The van der Waals surface area contributed by atoms with E-state index in [1.807, 2.05) is 42.2 Å². The zero-order valence-electron chi connectivity index (χ0n) is 13.0. The zero-order chi connectivity index (χ0) is 15.8. The topological polar surface area (TPSA) is 45.5 Å². The third-order valence-corrected chi connectivity index (χ3v) is 3.52. The van der Waals surface area contributed by atoms with Gasteiger partial charge in [0.25, 0.3) is 0 Å². The Labute approximate surface area is 136 Å². The summed E-state index contributed by atoms with van der Waals surface area (Å²) in [5.74, 6) is 0.875. The molecule has 1 aromatic heterocycles. The van der Waals surface area contributed by atoms with Crippen molar-refractivity contribution in [3.63, 3.8) is 0 Å². The number of aliphatic imine (C=N–C) groups is 1. The van der Waals surface area contributed by atoms with Crippen molar-refractivity contribution < 1.29 is 0 Å². The summed E-state index contributed by atoms with van der Waals surface area (Å²) in [6.07, 6.45) is 4.76. The summed E-state index contributed by atoms with van der Waals surface area (Å²) in [6.45, 7) is 2.51. The molecule has 0 fully saturated rings. The van der Waals surface area contributed by atoms with Crippen molar-refractivity contribution in [2.75, 3.05) is 20.6 Å². The average Bonchev–Trinajstić information content (AvgIpc) is 3.00. The van der Waals surface area contributed by atoms with Gasteiger partial charge in [0.1, 0.15) is 0 Å². The Kier molecular flexibility index (Phi) is 6.27. The van der Waals surface area contributed by atoms with Gasteiger partial charge in [0.15, 0.2) is 5.96 Å². The maximum atomic E-state index is 6.02. The molecular formula is C16H22ClN5. The van der Waals surface area contributed by atoms with Crippen molar-refractivity contribution in [2.45, 2.75) is 19.5 Å². The minimum Gasteiger partial charge on any atom is -0.356 e. The molecule has 22 heavy (non-hydrogen) atoms. The van der Waals surface area contributed by atoms with Gasteiger partial charge < -0.3 is 10.2 Å². The second-order valence-corrected chi connectivity index (χ2v) is 5.52. The van der Waals surface area contributed by atoms with Gasteiger partial charge in [0, 0.05) is 51.1 Å². The van der Waals surface area contributed by atoms with Crippen LogP contribution in [0.3, 0.4) is 0 Å². The fourth-order valence-corrected chi connectivity index (χ4v) is 2.46. The predicted molar refractivity (Wildman–Crippen MR) is 91.1 cm³/mol. The molecule has 5 nitrogen and oxygen atoms in total. The van der Waals surface area contributed by atoms with Gasteiger partial charge in [0.05, 0.1) is 0 Å². The highest BCUT2D eigenvalue weighted by atomic mass is 35.5. The van der Waals surface area contributed by atoms with E-state index >= 15 is 0 Å². The molecule has 0 atom stereocenters. The number of hydrogen-bond acceptors (Lipinski definition) is 2. The van der Waals surface area contributed by atoms with Crippen molar-refractivity contribution >= 4 is 17.6 Å². The lowest BCUT2D eigenvalue weighted by Gasteiger charge is -2.22. The molecule has 1 heterocycles. The Morgan fingerprint density at radius 2 is 2.27 bits per heavy atom. The molecule has 0 bridgehead atoms. The lowest BCUT2D eigenvalue weighted by Crippen LogP contribution is -2.39. The maximum Gasteiger partial charge on any atom is 0.193 e. The number of rotatable bonds is 6. The lowest BCUT2D eigenvalue weighted by molar-refractivity contribution is 0.471. The average molecular weight is 320 g/mol. The van der Waals surface area contributed by atoms with Crippen LogP contribution in [0.2, 0.25) is 5.02 Å². The van der Waals surface area contributed by atoms with Crippen molar-refractivity contribution in [3.05, 3.63) is 53.3 Å². The fraction of sp³-hybridized carbons (Fsp3) is 0.375. The number of aryl methyl sites for hydroxylation is 1. The number of guanidine groups is 1. The van der Waals surface area contributed by atoms with Crippen LogP contribution in [0.1, 0.15) is 12.0 Å². The first kappa shape index (κ1) is 16.4. The molecule has 0 saturated heterocycles. The standard InChI is InChI=1S/C16H22ClN5/c1-18-16(19-8-4-10-22-11-5-9-20-22)21(2)13-14-6-3-7-15(17)12-14/h3,5-7,9,11-12H,4,8,10,13H2,1-2H3,(H,18,19). The molecule has 0 amide bonds. The molecular weight excluding hydrogens is 298 g/mol. The molecule has 0 spiro atoms. The number of aromatic nitrogens is 2. The quantitative estimate of drug-likeness (QED) is 0.506. The monoisotopic (exact) mass is 319 g/mol. The van der Waals surface area contributed by atoms with E-state index in [-0.39, 0.29) is 0 Å². The first-order valence-electron chi connectivity index (χ1n) is 7.32. The van der Waals surface area contributed by atoms with E-state index in [0.29, 0.717) is 0 Å². The summed E-state index contributed by atoms with van der Waals surface area (Å²) in [4.78, 5) is 6.40. The fourth-order valence-electron chi connectivity index (χ4n) is 2.24. The Balaban J connectivity index is 1.78. The van der Waals surface area contributed by atoms with Gasteiger partial charge in [0.2, 0.25) is 0 Å². The van der Waals surface area contributed by atoms with E-state index in [1.54, 1.807) is 13.2 Å². The second kappa shape index (κ2) is 8.44. The van der Waals surface area contributed by atoms with Crippen LogP contribution < -0.4 is 5.32 Å². The molecule has 0 aliphatic carbocycles. The molecule has 118 valence electrons. The van der Waals surface area contributed by atoms with Crippen LogP contribution in [-0.4, -0.2) is 41.3 Å². The smallest absolute Gasteiger partial charge is 0.193 e. The van der Waals surface area contributed by atoms with Crippen LogP contribution in [0.25, 0.3) is 0 Å². The Morgan fingerprint density at radius 3 is 2.95 bits per heavy atom. The first-order valence-corrected chi connectivity index (χ1v) is 7.70. The Bertz CT molecular complexity index is 594. The number of benzene rings is 1. The summed E-state index contributed by atoms with van der Waals surface area (Å²) in [5.41, 5.74) is 1.16. The van der Waals surface area contributed by atoms with E-state index in [2.05, 4.69) is 26.4 Å². The summed E-state index contributed by atoms with van der Waals surface area (Å²) < 4.78 is 1.93.